The van der Waals surface area contributed by atoms with E-state index in [9.17, 15) is 19.8 Å². The van der Waals surface area contributed by atoms with Crippen molar-refractivity contribution in [2.45, 2.75) is 6.54 Å². The molecule has 0 radical (unpaired) electrons. The first-order valence-corrected chi connectivity index (χ1v) is 5.93. The Morgan fingerprint density at radius 2 is 1.84 bits per heavy atom. The highest BCUT2D eigenvalue weighted by Crippen LogP contribution is 2.18. The molecule has 0 amide bonds. The Morgan fingerprint density at radius 1 is 1.21 bits per heavy atom. The first kappa shape index (κ1) is 13.2. The third-order valence-electron chi connectivity index (χ3n) is 2.24. The van der Waals surface area contributed by atoms with Gasteiger partial charge >= 0.3 is 5.97 Å². The van der Waals surface area contributed by atoms with E-state index in [1.807, 2.05) is 0 Å². The van der Waals surface area contributed by atoms with Crippen LogP contribution in [0.1, 0.15) is 0 Å². The quantitative estimate of drug-likeness (QED) is 0.854. The van der Waals surface area contributed by atoms with Gasteiger partial charge in [0, 0.05) is 28.9 Å². The molecule has 0 aliphatic carbocycles. The van der Waals surface area contributed by atoms with Crippen molar-refractivity contribution in [1.29, 1.82) is 0 Å². The van der Waals surface area contributed by atoms with Gasteiger partial charge in [0.05, 0.1) is 0 Å². The summed E-state index contributed by atoms with van der Waals surface area (Å²) in [7, 11) is 0. The van der Waals surface area contributed by atoms with Crippen LogP contribution in [0.25, 0.3) is 0 Å². The number of pyridine rings is 1. The van der Waals surface area contributed by atoms with Crippen LogP contribution in [-0.2, 0) is 11.3 Å². The SMILES string of the molecule is O=C(Cn1cc(Br)ccc1=O)On1c(O)ccc1O. The van der Waals surface area contributed by atoms with Crippen molar-refractivity contribution in [2.75, 3.05) is 0 Å². The third-order valence-corrected chi connectivity index (χ3v) is 2.71. The Balaban J connectivity index is 2.14. The van der Waals surface area contributed by atoms with Crippen LogP contribution in [-0.4, -0.2) is 25.5 Å². The molecular weight excluding hydrogens is 320 g/mol. The summed E-state index contributed by atoms with van der Waals surface area (Å²) in [6.45, 7) is -0.352. The molecule has 2 heterocycles. The molecule has 0 bridgehead atoms. The van der Waals surface area contributed by atoms with Crippen molar-refractivity contribution in [3.63, 3.8) is 0 Å². The number of halogens is 1. The Bertz CT molecular complexity index is 656. The molecule has 0 aliphatic heterocycles. The number of carbonyl (C=O) groups excluding carboxylic acids is 1. The lowest BCUT2D eigenvalue weighted by Crippen LogP contribution is -2.29. The van der Waals surface area contributed by atoms with Crippen LogP contribution in [0.3, 0.4) is 0 Å². The fourth-order valence-electron chi connectivity index (χ4n) is 1.39. The Morgan fingerprint density at radius 3 is 2.47 bits per heavy atom. The third kappa shape index (κ3) is 2.97. The molecule has 2 aromatic rings. The minimum absolute atomic E-state index is 0.352. The van der Waals surface area contributed by atoms with Gasteiger partial charge in [0.2, 0.25) is 11.8 Å². The summed E-state index contributed by atoms with van der Waals surface area (Å²) in [5.74, 6) is -1.66. The predicted molar refractivity (Wildman–Crippen MR) is 67.8 cm³/mol. The second-order valence-corrected chi connectivity index (χ2v) is 4.54. The van der Waals surface area contributed by atoms with Crippen LogP contribution >= 0.6 is 15.9 Å². The average molecular weight is 329 g/mol. The Labute approximate surface area is 115 Å². The van der Waals surface area contributed by atoms with Crippen molar-refractivity contribution in [2.24, 2.45) is 0 Å². The van der Waals surface area contributed by atoms with E-state index in [1.165, 1.54) is 12.3 Å². The van der Waals surface area contributed by atoms with E-state index in [-0.39, 0.29) is 12.1 Å². The summed E-state index contributed by atoms with van der Waals surface area (Å²) < 4.78 is 2.32. The van der Waals surface area contributed by atoms with E-state index in [2.05, 4.69) is 15.9 Å². The zero-order valence-electron chi connectivity index (χ0n) is 9.49. The van der Waals surface area contributed by atoms with E-state index >= 15 is 0 Å². The van der Waals surface area contributed by atoms with Gasteiger partial charge in [-0.05, 0) is 22.0 Å². The molecule has 0 unspecified atom stereocenters. The first-order valence-electron chi connectivity index (χ1n) is 5.14. The van der Waals surface area contributed by atoms with E-state index in [0.717, 1.165) is 16.7 Å². The molecule has 0 spiro atoms. The molecule has 0 fully saturated rings. The fraction of sp³-hybridized carbons (Fsp3) is 0.0909. The molecule has 2 N–H and O–H groups in total. The maximum atomic E-state index is 11.6. The topological polar surface area (TPSA) is 93.7 Å². The van der Waals surface area contributed by atoms with Crippen LogP contribution < -0.4 is 10.4 Å². The van der Waals surface area contributed by atoms with Crippen molar-refractivity contribution in [3.05, 3.63) is 45.3 Å². The van der Waals surface area contributed by atoms with Crippen molar-refractivity contribution < 1.29 is 19.8 Å². The van der Waals surface area contributed by atoms with Crippen molar-refractivity contribution in [1.82, 2.24) is 9.30 Å². The van der Waals surface area contributed by atoms with Gasteiger partial charge in [0.25, 0.3) is 5.56 Å². The van der Waals surface area contributed by atoms with Gasteiger partial charge in [-0.1, -0.05) is 0 Å². The molecule has 19 heavy (non-hydrogen) atoms. The van der Waals surface area contributed by atoms with Crippen LogP contribution in [0.5, 0.6) is 11.8 Å². The second-order valence-electron chi connectivity index (χ2n) is 3.62. The van der Waals surface area contributed by atoms with Gasteiger partial charge < -0.3 is 19.6 Å². The summed E-state index contributed by atoms with van der Waals surface area (Å²) >= 11 is 3.17. The minimum atomic E-state index is -0.818. The monoisotopic (exact) mass is 328 g/mol. The lowest BCUT2D eigenvalue weighted by atomic mass is 10.4. The lowest BCUT2D eigenvalue weighted by molar-refractivity contribution is -0.146. The normalized spacial score (nSPS) is 10.4. The second kappa shape index (κ2) is 5.19. The van der Waals surface area contributed by atoms with Crippen LogP contribution in [0.4, 0.5) is 0 Å². The molecule has 0 aromatic carbocycles. The van der Waals surface area contributed by atoms with E-state index in [4.69, 9.17) is 4.84 Å². The fourth-order valence-corrected chi connectivity index (χ4v) is 1.77. The summed E-state index contributed by atoms with van der Waals surface area (Å²) in [5.41, 5.74) is -0.374. The van der Waals surface area contributed by atoms with E-state index in [1.54, 1.807) is 6.07 Å². The van der Waals surface area contributed by atoms with Gasteiger partial charge in [-0.25, -0.2) is 4.79 Å². The van der Waals surface area contributed by atoms with Crippen LogP contribution in [0.2, 0.25) is 0 Å². The Hall–Kier alpha value is -2.22. The standard InChI is InChI=1S/C11H9BrN2O5/c12-7-1-2-8(15)13(5-7)6-11(18)19-14-9(16)3-4-10(14)17/h1-5,16-17H,6H2. The minimum Gasteiger partial charge on any atom is -0.492 e. The van der Waals surface area contributed by atoms with Gasteiger partial charge in [-0.3, -0.25) is 4.79 Å². The van der Waals surface area contributed by atoms with Crippen LogP contribution in [0.15, 0.2) is 39.7 Å². The number of aromatic hydroxyl groups is 2. The van der Waals surface area contributed by atoms with Crippen LogP contribution in [0, 0.1) is 0 Å². The van der Waals surface area contributed by atoms with Gasteiger partial charge in [0.15, 0.2) is 0 Å². The summed E-state index contributed by atoms with van der Waals surface area (Å²) in [6.07, 6.45) is 1.43. The Kier molecular flexibility index (Phi) is 3.61. The van der Waals surface area contributed by atoms with E-state index in [0.29, 0.717) is 9.20 Å². The molecule has 0 aliphatic rings. The highest BCUT2D eigenvalue weighted by Gasteiger charge is 2.13. The number of nitrogens with zero attached hydrogens (tertiary/aromatic N) is 2. The summed E-state index contributed by atoms with van der Waals surface area (Å²) in [6, 6.07) is 5.16. The average Bonchev–Trinajstić information content (AvgIpc) is 2.65. The highest BCUT2D eigenvalue weighted by atomic mass is 79.9. The molecular formula is C11H9BrN2O5. The number of rotatable bonds is 3. The van der Waals surface area contributed by atoms with Gasteiger partial charge in [-0.15, -0.1) is 4.73 Å². The summed E-state index contributed by atoms with van der Waals surface area (Å²) in [5, 5.41) is 18.6. The number of hydrogen-bond acceptors (Lipinski definition) is 5. The molecule has 8 heteroatoms. The number of hydrogen-bond donors (Lipinski definition) is 2. The van der Waals surface area contributed by atoms with E-state index < -0.39 is 17.7 Å². The van der Waals surface area contributed by atoms with Crippen molar-refractivity contribution >= 4 is 21.9 Å². The number of carbonyl (C=O) groups is 1. The van der Waals surface area contributed by atoms with Crippen molar-refractivity contribution in [3.8, 4) is 11.8 Å². The number of aromatic nitrogens is 2. The zero-order valence-corrected chi connectivity index (χ0v) is 11.1. The highest BCUT2D eigenvalue weighted by molar-refractivity contribution is 9.10. The molecule has 0 saturated carbocycles. The lowest BCUT2D eigenvalue weighted by Gasteiger charge is -2.08. The molecule has 7 nitrogen and oxygen atoms in total. The molecule has 100 valence electrons. The maximum absolute atomic E-state index is 11.6. The smallest absolute Gasteiger partial charge is 0.352 e. The van der Waals surface area contributed by atoms with Gasteiger partial charge in [-0.2, -0.15) is 0 Å². The summed E-state index contributed by atoms with van der Waals surface area (Å²) in [4.78, 5) is 27.8. The zero-order chi connectivity index (χ0) is 14.0. The predicted octanol–water partition coefficient (Wildman–Crippen LogP) is 0.479. The first-order chi connectivity index (χ1) is 8.97. The largest absolute Gasteiger partial charge is 0.492 e. The molecule has 0 atom stereocenters. The maximum Gasteiger partial charge on any atom is 0.352 e. The molecule has 0 saturated heterocycles. The van der Waals surface area contributed by atoms with Gasteiger partial charge in [0.1, 0.15) is 6.54 Å². The molecule has 2 aromatic heterocycles. The molecule has 2 rings (SSSR count).